The van der Waals surface area contributed by atoms with Gasteiger partial charge in [-0.05, 0) is 63.1 Å². The van der Waals surface area contributed by atoms with Crippen molar-refractivity contribution in [2.45, 2.75) is 39.9 Å². The summed E-state index contributed by atoms with van der Waals surface area (Å²) in [6.07, 6.45) is 0.246. The van der Waals surface area contributed by atoms with Crippen LogP contribution in [0.15, 0.2) is 48.8 Å². The number of methoxy groups -OCH3 is 2. The van der Waals surface area contributed by atoms with Crippen LogP contribution in [-0.4, -0.2) is 75.7 Å². The van der Waals surface area contributed by atoms with Gasteiger partial charge in [-0.3, -0.25) is 0 Å². The number of hydrogen-bond acceptors (Lipinski definition) is 15. The highest BCUT2D eigenvalue weighted by atomic mass is 35.5. The molecule has 0 spiro atoms. The molecule has 13 nitrogen and oxygen atoms in total. The summed E-state index contributed by atoms with van der Waals surface area (Å²) in [6, 6.07) is 10.6. The van der Waals surface area contributed by atoms with Crippen LogP contribution in [-0.2, 0) is 9.47 Å². The lowest BCUT2D eigenvalue weighted by molar-refractivity contribution is -0.0143. The fourth-order valence-corrected chi connectivity index (χ4v) is 8.89. The first-order valence-electron chi connectivity index (χ1n) is 18.1. The van der Waals surface area contributed by atoms with Crippen LogP contribution in [0, 0.1) is 25.5 Å². The highest BCUT2D eigenvalue weighted by molar-refractivity contribution is 7.22. The van der Waals surface area contributed by atoms with Gasteiger partial charge in [0.1, 0.15) is 56.5 Å². The number of fused-ring (bicyclic) bond motifs is 4. The van der Waals surface area contributed by atoms with Crippen molar-refractivity contribution in [2.24, 2.45) is 0 Å². The number of ether oxygens (including phenoxy) is 6. The quantitative estimate of drug-likeness (QED) is 0.107. The van der Waals surface area contributed by atoms with Gasteiger partial charge in [-0.25, -0.2) is 43.5 Å². The van der Waals surface area contributed by atoms with Gasteiger partial charge < -0.3 is 28.4 Å². The zero-order chi connectivity index (χ0) is 42.4. The zero-order valence-corrected chi connectivity index (χ0v) is 35.7. The number of aromatic nitrogens is 6. The Morgan fingerprint density at radius 2 is 1.07 bits per heavy atom. The molecule has 308 valence electrons. The predicted octanol–water partition coefficient (Wildman–Crippen LogP) is 10.7. The van der Waals surface area contributed by atoms with Gasteiger partial charge in [0.25, 0.3) is 0 Å². The molecule has 0 aliphatic carbocycles. The molecule has 0 fully saturated rings. The number of hydrogen-bond donors (Lipinski definition) is 0. The summed E-state index contributed by atoms with van der Waals surface area (Å²) in [5.41, 5.74) is 6.20. The van der Waals surface area contributed by atoms with Crippen LogP contribution in [0.5, 0.6) is 23.3 Å². The number of aryl methyl sites for hydroxylation is 2. The SMILES string of the molecule is COc1cnc2c(-c3nc4c(Cl)c(F)c(OCC(C)OC(=O)OC(C)COc5cc6sc(-c7cc(C)cc8nc(OC)cnc78)nc6c(Cl)c5F)cc4s3)cc(C)cc2n1. The van der Waals surface area contributed by atoms with E-state index >= 15 is 8.78 Å². The molecule has 8 aromatic rings. The maximum absolute atomic E-state index is 15.4. The van der Waals surface area contributed by atoms with Crippen molar-refractivity contribution in [1.29, 1.82) is 0 Å². The summed E-state index contributed by atoms with van der Waals surface area (Å²) < 4.78 is 64.5. The van der Waals surface area contributed by atoms with E-state index in [1.807, 2.05) is 38.1 Å². The van der Waals surface area contributed by atoms with Crippen LogP contribution in [0.1, 0.15) is 25.0 Å². The highest BCUT2D eigenvalue weighted by Gasteiger charge is 2.24. The van der Waals surface area contributed by atoms with Gasteiger partial charge in [-0.1, -0.05) is 23.2 Å². The second-order valence-electron chi connectivity index (χ2n) is 13.7. The second kappa shape index (κ2) is 16.7. The second-order valence-corrected chi connectivity index (χ2v) is 16.5. The van der Waals surface area contributed by atoms with E-state index in [1.54, 1.807) is 13.8 Å². The molecule has 0 saturated heterocycles. The Morgan fingerprint density at radius 3 is 1.47 bits per heavy atom. The topological polar surface area (TPSA) is 150 Å². The number of carbonyl (C=O) groups is 1. The Morgan fingerprint density at radius 1 is 0.650 bits per heavy atom. The first-order valence-corrected chi connectivity index (χ1v) is 20.5. The summed E-state index contributed by atoms with van der Waals surface area (Å²) >= 11 is 15.4. The third kappa shape index (κ3) is 8.09. The normalized spacial score (nSPS) is 12.6. The van der Waals surface area contributed by atoms with Crippen molar-refractivity contribution in [1.82, 2.24) is 29.9 Å². The monoisotopic (exact) mass is 892 g/mol. The molecule has 0 aliphatic heterocycles. The van der Waals surface area contributed by atoms with Crippen LogP contribution in [0.4, 0.5) is 13.6 Å². The minimum Gasteiger partial charge on any atom is -0.487 e. The van der Waals surface area contributed by atoms with Crippen LogP contribution in [0.2, 0.25) is 10.0 Å². The number of thiazole rings is 2. The largest absolute Gasteiger partial charge is 0.509 e. The average molecular weight is 894 g/mol. The summed E-state index contributed by atoms with van der Waals surface area (Å²) in [5, 5.41) is 0.672. The smallest absolute Gasteiger partial charge is 0.487 e. The molecule has 4 heterocycles. The summed E-state index contributed by atoms with van der Waals surface area (Å²) in [6.45, 7) is 6.47. The van der Waals surface area contributed by atoms with Crippen LogP contribution in [0.25, 0.3) is 63.6 Å². The molecule has 0 radical (unpaired) electrons. The van der Waals surface area contributed by atoms with E-state index in [2.05, 4.69) is 29.9 Å². The average Bonchev–Trinajstić information content (AvgIpc) is 3.86. The van der Waals surface area contributed by atoms with Gasteiger partial charge in [-0.2, -0.15) is 0 Å². The minimum atomic E-state index is -1.04. The first-order chi connectivity index (χ1) is 28.8. The molecule has 0 bridgehead atoms. The molecule has 0 aliphatic rings. The Hall–Kier alpha value is -5.75. The number of nitrogens with zero attached hydrogens (tertiary/aromatic N) is 6. The first kappa shape index (κ1) is 41.0. The van der Waals surface area contributed by atoms with E-state index in [0.717, 1.165) is 11.1 Å². The van der Waals surface area contributed by atoms with Gasteiger partial charge in [0.05, 0.1) is 58.1 Å². The summed E-state index contributed by atoms with van der Waals surface area (Å²) in [4.78, 5) is 39.9. The van der Waals surface area contributed by atoms with Crippen molar-refractivity contribution in [3.05, 3.63) is 81.6 Å². The molecule has 60 heavy (non-hydrogen) atoms. The minimum absolute atomic E-state index is 0.154. The van der Waals surface area contributed by atoms with Crippen LogP contribution < -0.4 is 18.9 Å². The van der Waals surface area contributed by atoms with Crippen molar-refractivity contribution < 1.29 is 42.0 Å². The Bertz CT molecular complexity index is 2790. The lowest BCUT2D eigenvalue weighted by atomic mass is 10.1. The van der Waals surface area contributed by atoms with Crippen molar-refractivity contribution in [3.63, 3.8) is 0 Å². The van der Waals surface area contributed by atoms with Gasteiger partial charge in [-0.15, -0.1) is 22.7 Å². The Balaban J connectivity index is 0.896. The number of halogens is 4. The molecule has 8 rings (SSSR count). The maximum Gasteiger partial charge on any atom is 0.509 e. The van der Waals surface area contributed by atoms with Crippen molar-refractivity contribution in [2.75, 3.05) is 27.4 Å². The van der Waals surface area contributed by atoms with Gasteiger partial charge in [0.2, 0.25) is 11.8 Å². The third-order valence-corrected chi connectivity index (χ3v) is 11.8. The molecule has 4 aromatic heterocycles. The number of benzene rings is 4. The lowest BCUT2D eigenvalue weighted by Gasteiger charge is -2.18. The third-order valence-electron chi connectivity index (χ3n) is 9.02. The molecule has 0 saturated carbocycles. The van der Waals surface area contributed by atoms with Crippen LogP contribution >= 0.6 is 45.9 Å². The maximum atomic E-state index is 15.4. The predicted molar refractivity (Wildman–Crippen MR) is 226 cm³/mol. The molecule has 2 unspecified atom stereocenters. The number of carbonyl (C=O) groups excluding carboxylic acids is 1. The van der Waals surface area contributed by atoms with E-state index in [1.165, 1.54) is 61.4 Å². The highest BCUT2D eigenvalue weighted by Crippen LogP contribution is 2.42. The van der Waals surface area contributed by atoms with Crippen molar-refractivity contribution in [3.8, 4) is 44.4 Å². The van der Waals surface area contributed by atoms with E-state index in [4.69, 9.17) is 51.6 Å². The number of rotatable bonds is 12. The molecular weight excluding hydrogens is 862 g/mol. The summed E-state index contributed by atoms with van der Waals surface area (Å²) in [7, 11) is 3.03. The molecule has 4 aromatic carbocycles. The Labute approximate surface area is 358 Å². The molecule has 0 amide bonds. The molecular formula is C41H32Cl2F2N6O7S2. The fourth-order valence-electron chi connectivity index (χ4n) is 6.26. The van der Waals surface area contributed by atoms with E-state index < -0.39 is 30.0 Å². The fraction of sp³-hybridized carbons (Fsp3) is 0.244. The van der Waals surface area contributed by atoms with Crippen molar-refractivity contribution >= 4 is 94.5 Å². The van der Waals surface area contributed by atoms with Gasteiger partial charge >= 0.3 is 6.16 Å². The molecule has 0 N–H and O–H groups in total. The summed E-state index contributed by atoms with van der Waals surface area (Å²) in [5.74, 6) is -1.20. The Kier molecular flexibility index (Phi) is 11.4. The van der Waals surface area contributed by atoms with E-state index in [0.29, 0.717) is 64.4 Å². The van der Waals surface area contributed by atoms with E-state index in [-0.39, 0.29) is 45.8 Å². The van der Waals surface area contributed by atoms with E-state index in [9.17, 15) is 4.79 Å². The standard InChI is InChI=1S/C41H32Cl2F2N6O7S2/c1-17-7-21(35-23(9-17)48-29(53-5)13-46-35)39-50-37-27(59-39)11-25(33(44)31(37)42)55-15-19(3)57-41(52)58-20(4)16-56-26-12-28-38(32(43)34(26)45)51-40(60-28)22-8-18(2)10-24-36(22)47-14-30(49-24)54-6/h7-14,19-20H,15-16H2,1-6H3. The van der Waals surface area contributed by atoms with Crippen LogP contribution in [0.3, 0.4) is 0 Å². The zero-order valence-electron chi connectivity index (χ0n) is 32.6. The lowest BCUT2D eigenvalue weighted by Crippen LogP contribution is -2.27. The molecule has 2 atom stereocenters. The van der Waals surface area contributed by atoms with Gasteiger partial charge in [0.15, 0.2) is 23.1 Å². The van der Waals surface area contributed by atoms with Gasteiger partial charge in [0, 0.05) is 23.3 Å². The molecule has 19 heteroatoms.